The molecule has 0 aliphatic rings. The van der Waals surface area contributed by atoms with Gasteiger partial charge in [-0.3, -0.25) is 4.79 Å². The molecule has 0 aliphatic heterocycles. The summed E-state index contributed by atoms with van der Waals surface area (Å²) in [7, 11) is 1.15. The molecule has 0 fully saturated rings. The van der Waals surface area contributed by atoms with Crippen molar-refractivity contribution in [2.75, 3.05) is 13.6 Å². The Balaban J connectivity index is 2.10. The van der Waals surface area contributed by atoms with E-state index in [2.05, 4.69) is 4.98 Å². The standard InChI is InChI=1S/C14H12F4N2O2S/c1-20(6-11(21)14(16,17)18)13(22)10-7-23-12(19-10)8-2-4-9(15)5-3-8/h2-5,7,11,21H,6H2,1H3. The molecule has 23 heavy (non-hydrogen) atoms. The summed E-state index contributed by atoms with van der Waals surface area (Å²) in [6.45, 7) is -0.883. The second-order valence-electron chi connectivity index (χ2n) is 4.79. The summed E-state index contributed by atoms with van der Waals surface area (Å²) in [6.07, 6.45) is -7.41. The largest absolute Gasteiger partial charge is 0.416 e. The molecule has 0 bridgehead atoms. The maximum absolute atomic E-state index is 12.9. The number of aliphatic hydroxyl groups excluding tert-OH is 1. The van der Waals surface area contributed by atoms with Gasteiger partial charge in [0, 0.05) is 18.0 Å². The molecule has 0 spiro atoms. The Morgan fingerprint density at radius 1 is 1.35 bits per heavy atom. The number of nitrogens with zero attached hydrogens (tertiary/aromatic N) is 2. The molecule has 1 unspecified atom stereocenters. The van der Waals surface area contributed by atoms with Crippen LogP contribution in [0.25, 0.3) is 10.6 Å². The lowest BCUT2D eigenvalue weighted by Crippen LogP contribution is -2.41. The van der Waals surface area contributed by atoms with E-state index in [1.165, 1.54) is 29.6 Å². The van der Waals surface area contributed by atoms with Gasteiger partial charge in [0.2, 0.25) is 0 Å². The third-order valence-electron chi connectivity index (χ3n) is 2.99. The summed E-state index contributed by atoms with van der Waals surface area (Å²) in [5.74, 6) is -1.15. The van der Waals surface area contributed by atoms with Gasteiger partial charge in [-0.25, -0.2) is 9.37 Å². The predicted octanol–water partition coefficient (Wildman–Crippen LogP) is 2.94. The summed E-state index contributed by atoms with van der Waals surface area (Å²) < 4.78 is 49.8. The third kappa shape index (κ3) is 4.26. The number of benzene rings is 1. The second-order valence-corrected chi connectivity index (χ2v) is 5.65. The molecule has 1 atom stereocenters. The van der Waals surface area contributed by atoms with Gasteiger partial charge in [-0.1, -0.05) is 0 Å². The molecule has 0 radical (unpaired) electrons. The molecular weight excluding hydrogens is 336 g/mol. The average Bonchev–Trinajstić information content (AvgIpc) is 2.95. The topological polar surface area (TPSA) is 53.4 Å². The van der Waals surface area contributed by atoms with Gasteiger partial charge in [-0.2, -0.15) is 13.2 Å². The van der Waals surface area contributed by atoms with E-state index in [-0.39, 0.29) is 5.69 Å². The van der Waals surface area contributed by atoms with E-state index < -0.39 is 30.5 Å². The minimum atomic E-state index is -4.80. The van der Waals surface area contributed by atoms with Crippen molar-refractivity contribution in [1.29, 1.82) is 0 Å². The van der Waals surface area contributed by atoms with Crippen LogP contribution in [-0.2, 0) is 0 Å². The van der Waals surface area contributed by atoms with Crippen LogP contribution in [0.15, 0.2) is 29.6 Å². The van der Waals surface area contributed by atoms with E-state index in [4.69, 9.17) is 5.11 Å². The van der Waals surface area contributed by atoms with Gasteiger partial charge in [0.15, 0.2) is 6.10 Å². The van der Waals surface area contributed by atoms with Crippen molar-refractivity contribution in [3.63, 3.8) is 0 Å². The highest BCUT2D eigenvalue weighted by atomic mass is 32.1. The van der Waals surface area contributed by atoms with E-state index in [0.29, 0.717) is 10.6 Å². The minimum absolute atomic E-state index is 0.0359. The molecule has 2 rings (SSSR count). The molecule has 9 heteroatoms. The van der Waals surface area contributed by atoms with Crippen molar-refractivity contribution >= 4 is 17.2 Å². The number of thiazole rings is 1. The van der Waals surface area contributed by atoms with Crippen LogP contribution in [-0.4, -0.2) is 46.8 Å². The SMILES string of the molecule is CN(CC(O)C(F)(F)F)C(=O)c1csc(-c2ccc(F)cc2)n1. The van der Waals surface area contributed by atoms with Gasteiger partial charge in [0.1, 0.15) is 16.5 Å². The molecule has 0 saturated carbocycles. The average molecular weight is 348 g/mol. The Morgan fingerprint density at radius 2 is 1.96 bits per heavy atom. The first-order valence-electron chi connectivity index (χ1n) is 6.40. The van der Waals surface area contributed by atoms with Crippen molar-refractivity contribution in [3.8, 4) is 10.6 Å². The lowest BCUT2D eigenvalue weighted by atomic mass is 10.2. The van der Waals surface area contributed by atoms with Crippen LogP contribution in [0.4, 0.5) is 17.6 Å². The molecule has 1 aromatic heterocycles. The number of aliphatic hydroxyl groups is 1. The maximum atomic E-state index is 12.9. The molecule has 1 N–H and O–H groups in total. The highest BCUT2D eigenvalue weighted by Gasteiger charge is 2.39. The van der Waals surface area contributed by atoms with Gasteiger partial charge in [-0.05, 0) is 24.3 Å². The van der Waals surface area contributed by atoms with Crippen LogP contribution in [0.5, 0.6) is 0 Å². The number of carbonyl (C=O) groups excluding carboxylic acids is 1. The number of likely N-dealkylation sites (N-methyl/N-ethyl adjacent to an activating group) is 1. The first kappa shape index (κ1) is 17.4. The van der Waals surface area contributed by atoms with Crippen LogP contribution < -0.4 is 0 Å². The highest BCUT2D eigenvalue weighted by molar-refractivity contribution is 7.13. The fourth-order valence-electron chi connectivity index (χ4n) is 1.74. The molecule has 0 aliphatic carbocycles. The molecule has 2 aromatic rings. The predicted molar refractivity (Wildman–Crippen MR) is 76.5 cm³/mol. The van der Waals surface area contributed by atoms with Crippen molar-refractivity contribution in [1.82, 2.24) is 9.88 Å². The third-order valence-corrected chi connectivity index (χ3v) is 3.88. The Kier molecular flexibility index (Phi) is 5.00. The van der Waals surface area contributed by atoms with Gasteiger partial charge in [0.25, 0.3) is 5.91 Å². The Morgan fingerprint density at radius 3 is 2.52 bits per heavy atom. The Hall–Kier alpha value is -2.00. The Bertz CT molecular complexity index is 685. The van der Waals surface area contributed by atoms with Crippen molar-refractivity contribution in [3.05, 3.63) is 41.2 Å². The van der Waals surface area contributed by atoms with E-state index in [9.17, 15) is 22.4 Å². The number of hydrogen-bond donors (Lipinski definition) is 1. The number of rotatable bonds is 4. The molecule has 1 heterocycles. The number of hydrogen-bond acceptors (Lipinski definition) is 4. The first-order chi connectivity index (χ1) is 10.7. The number of halogens is 4. The summed E-state index contributed by atoms with van der Waals surface area (Å²) in [4.78, 5) is 16.8. The number of carbonyl (C=O) groups is 1. The smallest absolute Gasteiger partial charge is 0.382 e. The van der Waals surface area contributed by atoms with Crippen LogP contribution >= 0.6 is 11.3 Å². The molecule has 1 aromatic carbocycles. The summed E-state index contributed by atoms with van der Waals surface area (Å²) in [5, 5.41) is 10.8. The van der Waals surface area contributed by atoms with Crippen molar-refractivity contribution in [2.45, 2.75) is 12.3 Å². The maximum Gasteiger partial charge on any atom is 0.416 e. The molecule has 124 valence electrons. The number of aromatic nitrogens is 1. The first-order valence-corrected chi connectivity index (χ1v) is 7.28. The van der Waals surface area contributed by atoms with Crippen molar-refractivity contribution < 1.29 is 27.5 Å². The monoisotopic (exact) mass is 348 g/mol. The lowest BCUT2D eigenvalue weighted by molar-refractivity contribution is -0.205. The van der Waals surface area contributed by atoms with E-state index >= 15 is 0 Å². The number of amides is 1. The number of alkyl halides is 3. The molecule has 4 nitrogen and oxygen atoms in total. The summed E-state index contributed by atoms with van der Waals surface area (Å²) in [6, 6.07) is 5.45. The molecular formula is C14H12F4N2O2S. The molecule has 1 amide bonds. The Labute approximate surface area is 133 Å². The normalized spacial score (nSPS) is 13.0. The zero-order chi connectivity index (χ0) is 17.2. The van der Waals surface area contributed by atoms with Crippen molar-refractivity contribution in [2.24, 2.45) is 0 Å². The van der Waals surface area contributed by atoms with Gasteiger partial charge >= 0.3 is 6.18 Å². The van der Waals surface area contributed by atoms with Gasteiger partial charge in [-0.15, -0.1) is 11.3 Å². The highest BCUT2D eigenvalue weighted by Crippen LogP contribution is 2.25. The fraction of sp³-hybridized carbons (Fsp3) is 0.286. The quantitative estimate of drug-likeness (QED) is 0.865. The van der Waals surface area contributed by atoms with E-state index in [1.54, 1.807) is 0 Å². The van der Waals surface area contributed by atoms with Gasteiger partial charge < -0.3 is 10.0 Å². The minimum Gasteiger partial charge on any atom is -0.382 e. The lowest BCUT2D eigenvalue weighted by Gasteiger charge is -2.21. The zero-order valence-electron chi connectivity index (χ0n) is 11.8. The van der Waals surface area contributed by atoms with Gasteiger partial charge in [0.05, 0.1) is 6.54 Å². The zero-order valence-corrected chi connectivity index (χ0v) is 12.7. The second kappa shape index (κ2) is 6.63. The van der Waals surface area contributed by atoms with E-state index in [0.717, 1.165) is 23.3 Å². The van der Waals surface area contributed by atoms with Crippen LogP contribution in [0.2, 0.25) is 0 Å². The van der Waals surface area contributed by atoms with E-state index in [1.807, 2.05) is 0 Å². The summed E-state index contributed by atoms with van der Waals surface area (Å²) in [5.41, 5.74) is 0.555. The summed E-state index contributed by atoms with van der Waals surface area (Å²) >= 11 is 1.11. The van der Waals surface area contributed by atoms with Crippen LogP contribution in [0, 0.1) is 5.82 Å². The van der Waals surface area contributed by atoms with Crippen LogP contribution in [0.3, 0.4) is 0 Å². The molecule has 0 saturated heterocycles. The fourth-order valence-corrected chi connectivity index (χ4v) is 2.54. The van der Waals surface area contributed by atoms with Crippen LogP contribution in [0.1, 0.15) is 10.5 Å².